The first-order valence-electron chi connectivity index (χ1n) is 19.8. The molecule has 0 atom stereocenters. The van der Waals surface area contributed by atoms with Gasteiger partial charge in [-0.2, -0.15) is 0 Å². The van der Waals surface area contributed by atoms with Gasteiger partial charge in [0.1, 0.15) is 0 Å². The molecule has 0 saturated heterocycles. The number of fused-ring (bicyclic) bond motifs is 9. The predicted octanol–water partition coefficient (Wildman–Crippen LogP) is 14.5. The number of para-hydroxylation sites is 1. The van der Waals surface area contributed by atoms with Crippen LogP contribution < -0.4 is 4.90 Å². The minimum absolute atomic E-state index is 0.0877. The lowest BCUT2D eigenvalue weighted by Crippen LogP contribution is -2.16. The predicted molar refractivity (Wildman–Crippen MR) is 236 cm³/mol. The van der Waals surface area contributed by atoms with Crippen LogP contribution in [0.2, 0.25) is 0 Å². The van der Waals surface area contributed by atoms with Crippen LogP contribution in [0.3, 0.4) is 0 Å². The van der Waals surface area contributed by atoms with Crippen molar-refractivity contribution >= 4 is 38.9 Å². The molecule has 0 saturated carbocycles. The smallest absolute Gasteiger partial charge is 0.0562 e. The number of hydrogen-bond donors (Lipinski definition) is 0. The highest BCUT2D eigenvalue weighted by atomic mass is 15.1. The number of nitrogens with zero attached hydrogens (tertiary/aromatic N) is 2. The summed E-state index contributed by atoms with van der Waals surface area (Å²) < 4.78 is 2.52. The van der Waals surface area contributed by atoms with Crippen LogP contribution in [0.1, 0.15) is 49.9 Å². The van der Waals surface area contributed by atoms with Crippen LogP contribution in [0, 0.1) is 0 Å². The third-order valence-corrected chi connectivity index (χ3v) is 12.8. The van der Waals surface area contributed by atoms with Crippen molar-refractivity contribution in [3.63, 3.8) is 0 Å². The Hall–Kier alpha value is -6.64. The zero-order valence-corrected chi connectivity index (χ0v) is 32.2. The SMILES string of the molecule is CC1(C)c2ccccc2-c2ccc(N(c3ccc(-c4ccccc4)cc3)c3ccc4c5ccccc5n(-c5cccc6c5-c5ccccc5C6(C)C)c4c3)cc21. The average molecular weight is 719 g/mol. The highest BCUT2D eigenvalue weighted by Crippen LogP contribution is 2.53. The van der Waals surface area contributed by atoms with Crippen molar-refractivity contribution in [1.82, 2.24) is 4.57 Å². The molecule has 56 heavy (non-hydrogen) atoms. The molecule has 0 N–H and O–H groups in total. The molecule has 268 valence electrons. The highest BCUT2D eigenvalue weighted by Gasteiger charge is 2.38. The summed E-state index contributed by atoms with van der Waals surface area (Å²) in [6, 6.07) is 67.5. The van der Waals surface area contributed by atoms with Crippen LogP contribution in [0.4, 0.5) is 17.1 Å². The van der Waals surface area contributed by atoms with Gasteiger partial charge in [0.2, 0.25) is 0 Å². The molecule has 0 spiro atoms. The summed E-state index contributed by atoms with van der Waals surface area (Å²) in [5.74, 6) is 0. The van der Waals surface area contributed by atoms with Gasteiger partial charge in [0.15, 0.2) is 0 Å². The van der Waals surface area contributed by atoms with Crippen LogP contribution in [-0.4, -0.2) is 4.57 Å². The molecular formula is C54H42N2. The van der Waals surface area contributed by atoms with E-state index in [0.717, 1.165) is 17.1 Å². The summed E-state index contributed by atoms with van der Waals surface area (Å²) >= 11 is 0. The van der Waals surface area contributed by atoms with Gasteiger partial charge in [0.25, 0.3) is 0 Å². The van der Waals surface area contributed by atoms with E-state index in [1.807, 2.05) is 0 Å². The van der Waals surface area contributed by atoms with Crippen LogP contribution in [-0.2, 0) is 10.8 Å². The number of hydrogen-bond acceptors (Lipinski definition) is 1. The lowest BCUT2D eigenvalue weighted by Gasteiger charge is -2.28. The summed E-state index contributed by atoms with van der Waals surface area (Å²) in [6.07, 6.45) is 0. The molecule has 2 aliphatic carbocycles. The second-order valence-corrected chi connectivity index (χ2v) is 16.6. The zero-order chi connectivity index (χ0) is 37.8. The number of anilines is 3. The van der Waals surface area contributed by atoms with Crippen LogP contribution >= 0.6 is 0 Å². The van der Waals surface area contributed by atoms with E-state index in [9.17, 15) is 0 Å². The van der Waals surface area contributed by atoms with E-state index in [-0.39, 0.29) is 10.8 Å². The van der Waals surface area contributed by atoms with E-state index < -0.39 is 0 Å². The summed E-state index contributed by atoms with van der Waals surface area (Å²) in [5.41, 5.74) is 20.1. The van der Waals surface area contributed by atoms with Crippen LogP contribution in [0.15, 0.2) is 182 Å². The first-order valence-corrected chi connectivity index (χ1v) is 19.8. The third kappa shape index (κ3) is 4.62. The van der Waals surface area contributed by atoms with E-state index in [2.05, 4.69) is 219 Å². The Morgan fingerprint density at radius 1 is 0.375 bits per heavy atom. The highest BCUT2D eigenvalue weighted by molar-refractivity contribution is 6.11. The first-order chi connectivity index (χ1) is 27.3. The zero-order valence-electron chi connectivity index (χ0n) is 32.2. The fraction of sp³-hybridized carbons (Fsp3) is 0.111. The van der Waals surface area contributed by atoms with Crippen molar-refractivity contribution < 1.29 is 0 Å². The van der Waals surface area contributed by atoms with Gasteiger partial charge in [-0.3, -0.25) is 0 Å². The van der Waals surface area contributed by atoms with Crippen LogP contribution in [0.5, 0.6) is 0 Å². The molecule has 0 bridgehead atoms. The monoisotopic (exact) mass is 718 g/mol. The van der Waals surface area contributed by atoms with Crippen molar-refractivity contribution in [1.29, 1.82) is 0 Å². The van der Waals surface area contributed by atoms with E-state index in [1.54, 1.807) is 0 Å². The molecule has 1 aromatic heterocycles. The molecule has 2 aliphatic rings. The molecule has 2 heteroatoms. The van der Waals surface area contributed by atoms with Crippen molar-refractivity contribution in [2.45, 2.75) is 38.5 Å². The number of rotatable bonds is 5. The Labute approximate surface area is 328 Å². The fourth-order valence-corrected chi connectivity index (χ4v) is 9.99. The Morgan fingerprint density at radius 3 is 1.73 bits per heavy atom. The largest absolute Gasteiger partial charge is 0.310 e. The van der Waals surface area contributed by atoms with E-state index >= 15 is 0 Å². The second kappa shape index (κ2) is 11.9. The van der Waals surface area contributed by atoms with Gasteiger partial charge >= 0.3 is 0 Å². The lowest BCUT2D eigenvalue weighted by atomic mass is 9.82. The summed E-state index contributed by atoms with van der Waals surface area (Å²) in [6.45, 7) is 9.46. The Kier molecular flexibility index (Phi) is 6.98. The van der Waals surface area contributed by atoms with Gasteiger partial charge in [-0.05, 0) is 98.6 Å². The quantitative estimate of drug-likeness (QED) is 0.172. The normalized spacial score (nSPS) is 14.4. The molecule has 9 aromatic rings. The van der Waals surface area contributed by atoms with Gasteiger partial charge in [-0.15, -0.1) is 0 Å². The van der Waals surface area contributed by atoms with Crippen molar-refractivity contribution in [3.8, 4) is 39.1 Å². The van der Waals surface area contributed by atoms with Gasteiger partial charge in [0.05, 0.1) is 16.7 Å². The molecule has 0 fully saturated rings. The maximum atomic E-state index is 2.52. The summed E-state index contributed by atoms with van der Waals surface area (Å²) in [4.78, 5) is 2.45. The Balaban J connectivity index is 1.15. The van der Waals surface area contributed by atoms with Crippen molar-refractivity contribution in [3.05, 3.63) is 204 Å². The van der Waals surface area contributed by atoms with Crippen molar-refractivity contribution in [2.75, 3.05) is 4.90 Å². The van der Waals surface area contributed by atoms with Crippen molar-refractivity contribution in [2.24, 2.45) is 0 Å². The molecule has 1 heterocycles. The number of benzene rings is 8. The van der Waals surface area contributed by atoms with Gasteiger partial charge < -0.3 is 9.47 Å². The summed E-state index contributed by atoms with van der Waals surface area (Å²) in [5, 5.41) is 2.51. The molecule has 8 aromatic carbocycles. The third-order valence-electron chi connectivity index (χ3n) is 12.8. The molecule has 0 aliphatic heterocycles. The molecule has 0 unspecified atom stereocenters. The number of aromatic nitrogens is 1. The molecule has 0 amide bonds. The maximum Gasteiger partial charge on any atom is 0.0562 e. The van der Waals surface area contributed by atoms with Gasteiger partial charge in [-0.1, -0.05) is 161 Å². The Morgan fingerprint density at radius 2 is 0.929 bits per heavy atom. The minimum Gasteiger partial charge on any atom is -0.310 e. The standard InChI is InChI=1S/C54H42N2/c1-53(2)46-21-12-9-19-44(46)52-47(53)22-14-24-50(52)56-49-23-13-10-18-42(49)43-32-30-39(34-51(43)56)55(37-27-25-36(26-28-37)35-15-6-5-7-16-35)38-29-31-41-40-17-8-11-20-45(40)54(3,4)48(41)33-38/h5-34H,1-4H3. The topological polar surface area (TPSA) is 8.17 Å². The van der Waals surface area contributed by atoms with E-state index in [1.165, 1.54) is 83.1 Å². The first kappa shape index (κ1) is 32.8. The van der Waals surface area contributed by atoms with E-state index in [0.29, 0.717) is 0 Å². The van der Waals surface area contributed by atoms with Gasteiger partial charge in [-0.25, -0.2) is 0 Å². The molecule has 2 nitrogen and oxygen atoms in total. The van der Waals surface area contributed by atoms with Crippen LogP contribution in [0.25, 0.3) is 60.9 Å². The van der Waals surface area contributed by atoms with E-state index in [4.69, 9.17) is 0 Å². The molecule has 11 rings (SSSR count). The lowest BCUT2D eigenvalue weighted by molar-refractivity contribution is 0.660. The summed E-state index contributed by atoms with van der Waals surface area (Å²) in [7, 11) is 0. The fourth-order valence-electron chi connectivity index (χ4n) is 9.99. The maximum absolute atomic E-state index is 2.52. The second-order valence-electron chi connectivity index (χ2n) is 16.6. The minimum atomic E-state index is -0.112. The average Bonchev–Trinajstić information content (AvgIpc) is 3.78. The molecule has 0 radical (unpaired) electrons. The molecular weight excluding hydrogens is 677 g/mol. The Bertz CT molecular complexity index is 3020. The van der Waals surface area contributed by atoms with Gasteiger partial charge in [0, 0.05) is 44.2 Å².